The summed E-state index contributed by atoms with van der Waals surface area (Å²) in [5.74, 6) is -0.594. The lowest BCUT2D eigenvalue weighted by Crippen LogP contribution is -2.63. The van der Waals surface area contributed by atoms with Gasteiger partial charge in [-0.3, -0.25) is 9.59 Å². The molecule has 0 unspecified atom stereocenters. The van der Waals surface area contributed by atoms with Gasteiger partial charge in [0.15, 0.2) is 0 Å². The summed E-state index contributed by atoms with van der Waals surface area (Å²) >= 11 is 6.32. The number of hydrogen-bond acceptors (Lipinski definition) is 6. The number of nitrogens with one attached hydrogen (secondary N) is 1. The molecule has 0 bridgehead atoms. The SMILES string of the molecule is Cc1c(Cl)cccc1C1(Nc2ccc3c(c2)N(C(O)(O)O)C(=O)CC3)CN(C=O)C1. The second-order valence-corrected chi connectivity index (χ2v) is 8.21. The van der Waals surface area contributed by atoms with Crippen LogP contribution in [0.5, 0.6) is 0 Å². The maximum absolute atomic E-state index is 12.2. The molecule has 9 heteroatoms. The van der Waals surface area contributed by atoms with Crippen LogP contribution in [0.25, 0.3) is 0 Å². The highest BCUT2D eigenvalue weighted by molar-refractivity contribution is 6.31. The van der Waals surface area contributed by atoms with E-state index < -0.39 is 17.5 Å². The maximum atomic E-state index is 12.2. The molecule has 2 aromatic rings. The van der Waals surface area contributed by atoms with Gasteiger partial charge in [0.1, 0.15) is 0 Å². The van der Waals surface area contributed by atoms with Gasteiger partial charge in [0.25, 0.3) is 0 Å². The third kappa shape index (κ3) is 3.41. The topological polar surface area (TPSA) is 113 Å². The number of aryl methyl sites for hydroxylation is 1. The van der Waals surface area contributed by atoms with Crippen molar-refractivity contribution in [3.63, 3.8) is 0 Å². The molecule has 0 atom stereocenters. The third-order valence-corrected chi connectivity index (χ3v) is 6.16. The van der Waals surface area contributed by atoms with E-state index in [1.165, 1.54) is 0 Å². The number of hydrogen-bond donors (Lipinski definition) is 4. The highest BCUT2D eigenvalue weighted by Gasteiger charge is 2.46. The van der Waals surface area contributed by atoms with Crippen LogP contribution in [-0.2, 0) is 21.5 Å². The summed E-state index contributed by atoms with van der Waals surface area (Å²) in [5.41, 5.74) is 2.77. The molecule has 0 saturated carbocycles. The molecule has 2 heterocycles. The normalized spacial score (nSPS) is 18.0. The summed E-state index contributed by atoms with van der Waals surface area (Å²) in [5, 5.41) is 33.1. The molecule has 0 spiro atoms. The Kier molecular flexibility index (Phi) is 4.98. The zero-order valence-corrected chi connectivity index (χ0v) is 17.1. The predicted molar refractivity (Wildman–Crippen MR) is 111 cm³/mol. The van der Waals surface area contributed by atoms with Gasteiger partial charge < -0.3 is 25.5 Å². The van der Waals surface area contributed by atoms with Crippen LogP contribution in [0.2, 0.25) is 5.02 Å². The van der Waals surface area contributed by atoms with Crippen molar-refractivity contribution in [2.24, 2.45) is 0 Å². The minimum atomic E-state index is -3.29. The van der Waals surface area contributed by atoms with Gasteiger partial charge in [-0.05, 0) is 48.2 Å². The van der Waals surface area contributed by atoms with E-state index in [9.17, 15) is 24.9 Å². The third-order valence-electron chi connectivity index (χ3n) is 5.75. The van der Waals surface area contributed by atoms with E-state index in [1.54, 1.807) is 23.1 Å². The fourth-order valence-electron chi connectivity index (χ4n) is 4.32. The lowest BCUT2D eigenvalue weighted by molar-refractivity contribution is -0.306. The van der Waals surface area contributed by atoms with Crippen LogP contribution in [0.1, 0.15) is 23.1 Å². The Balaban J connectivity index is 1.74. The summed E-state index contributed by atoms with van der Waals surface area (Å²) in [4.78, 5) is 25.7. The quantitative estimate of drug-likeness (QED) is 0.419. The number of anilines is 2. The number of likely N-dealkylation sites (tertiary alicyclic amines) is 1. The highest BCUT2D eigenvalue weighted by Crippen LogP contribution is 2.40. The highest BCUT2D eigenvalue weighted by atomic mass is 35.5. The summed E-state index contributed by atoms with van der Waals surface area (Å²) in [6.07, 6.45) is -2.02. The molecule has 1 saturated heterocycles. The molecule has 30 heavy (non-hydrogen) atoms. The summed E-state index contributed by atoms with van der Waals surface area (Å²) in [7, 11) is 0. The molecule has 4 rings (SSSR count). The van der Waals surface area contributed by atoms with Gasteiger partial charge in [-0.2, -0.15) is 0 Å². The largest absolute Gasteiger partial charge is 0.376 e. The van der Waals surface area contributed by atoms with Crippen molar-refractivity contribution >= 4 is 35.3 Å². The van der Waals surface area contributed by atoms with Crippen LogP contribution >= 0.6 is 11.6 Å². The first-order chi connectivity index (χ1) is 14.1. The van der Waals surface area contributed by atoms with E-state index in [4.69, 9.17) is 11.6 Å². The van der Waals surface area contributed by atoms with Crippen LogP contribution in [0.4, 0.5) is 11.4 Å². The Morgan fingerprint density at radius 2 is 1.90 bits per heavy atom. The van der Waals surface area contributed by atoms with Crippen LogP contribution in [0, 0.1) is 6.92 Å². The lowest BCUT2D eigenvalue weighted by atomic mass is 9.80. The zero-order valence-electron chi connectivity index (χ0n) is 16.3. The van der Waals surface area contributed by atoms with Gasteiger partial charge >= 0.3 is 6.10 Å². The van der Waals surface area contributed by atoms with E-state index in [0.717, 1.165) is 17.5 Å². The molecule has 0 aliphatic carbocycles. The molecule has 4 N–H and O–H groups in total. The Morgan fingerprint density at radius 3 is 2.57 bits per heavy atom. The van der Waals surface area contributed by atoms with Gasteiger partial charge in [0.05, 0.1) is 11.2 Å². The number of nitrogens with zero attached hydrogens (tertiary/aromatic N) is 2. The first kappa shape index (κ1) is 20.6. The molecule has 0 aromatic heterocycles. The Bertz CT molecular complexity index is 1010. The lowest BCUT2D eigenvalue weighted by Gasteiger charge is -2.50. The minimum absolute atomic E-state index is 0.0587. The fraction of sp³-hybridized carbons (Fsp3) is 0.333. The van der Waals surface area contributed by atoms with Crippen LogP contribution in [0.15, 0.2) is 36.4 Å². The molecule has 2 aromatic carbocycles. The molecule has 1 fully saturated rings. The number of rotatable bonds is 5. The number of carbonyl (C=O) groups is 2. The molecular formula is C21H22ClN3O5. The second kappa shape index (κ2) is 7.24. The van der Waals surface area contributed by atoms with Crippen LogP contribution in [0.3, 0.4) is 0 Å². The zero-order chi connectivity index (χ0) is 21.7. The number of halogens is 1. The molecule has 8 nitrogen and oxygen atoms in total. The van der Waals surface area contributed by atoms with E-state index in [0.29, 0.717) is 40.7 Å². The first-order valence-electron chi connectivity index (χ1n) is 9.51. The average molecular weight is 432 g/mol. The minimum Gasteiger partial charge on any atom is -0.372 e. The molecular weight excluding hydrogens is 410 g/mol. The Labute approximate surface area is 178 Å². The van der Waals surface area contributed by atoms with Gasteiger partial charge in [0.2, 0.25) is 12.3 Å². The van der Waals surface area contributed by atoms with Gasteiger partial charge in [-0.25, -0.2) is 4.90 Å². The number of fused-ring (bicyclic) bond motifs is 1. The molecule has 2 aliphatic rings. The summed E-state index contributed by atoms with van der Waals surface area (Å²) < 4.78 is 0. The van der Waals surface area contributed by atoms with E-state index >= 15 is 0 Å². The van der Waals surface area contributed by atoms with Gasteiger partial charge in [-0.15, -0.1) is 0 Å². The number of aliphatic hydroxyl groups is 3. The van der Waals surface area contributed by atoms with Crippen molar-refractivity contribution in [3.8, 4) is 0 Å². The van der Waals surface area contributed by atoms with Crippen molar-refractivity contribution < 1.29 is 24.9 Å². The Hall–Kier alpha value is -2.65. The molecule has 2 amide bonds. The van der Waals surface area contributed by atoms with Crippen molar-refractivity contribution in [1.82, 2.24) is 4.90 Å². The first-order valence-corrected chi connectivity index (χ1v) is 9.89. The van der Waals surface area contributed by atoms with Crippen LogP contribution in [-0.4, -0.2) is 51.7 Å². The summed E-state index contributed by atoms with van der Waals surface area (Å²) in [6.45, 7) is 2.75. The second-order valence-electron chi connectivity index (χ2n) is 7.80. The molecule has 0 radical (unpaired) electrons. The smallest absolute Gasteiger partial charge is 0.372 e. The number of carbonyl (C=O) groups excluding carboxylic acids is 2. The van der Waals surface area contributed by atoms with Crippen LogP contribution < -0.4 is 10.2 Å². The van der Waals surface area contributed by atoms with Crippen molar-refractivity contribution in [2.75, 3.05) is 23.3 Å². The van der Waals surface area contributed by atoms with E-state index in [2.05, 4.69) is 5.32 Å². The Morgan fingerprint density at radius 1 is 1.17 bits per heavy atom. The van der Waals surface area contributed by atoms with Gasteiger partial charge in [-0.1, -0.05) is 29.8 Å². The average Bonchev–Trinajstić information content (AvgIpc) is 2.65. The van der Waals surface area contributed by atoms with E-state index in [-0.39, 0.29) is 12.1 Å². The van der Waals surface area contributed by atoms with Crippen molar-refractivity contribution in [1.29, 1.82) is 0 Å². The van der Waals surface area contributed by atoms with Crippen molar-refractivity contribution in [3.05, 3.63) is 58.1 Å². The predicted octanol–water partition coefficient (Wildman–Crippen LogP) is 1.30. The monoisotopic (exact) mass is 431 g/mol. The van der Waals surface area contributed by atoms with Crippen molar-refractivity contribution in [2.45, 2.75) is 31.4 Å². The standard InChI is InChI=1S/C21H22ClN3O5/c1-13-16(3-2-4-17(13)22)20(10-24(11-20)12-26)23-15-7-5-14-6-8-19(27)25(18(14)9-15)21(28,29)30/h2-5,7,9,12,23,28-30H,6,8,10-11H2,1H3. The summed E-state index contributed by atoms with van der Waals surface area (Å²) in [6, 6.07) is 10.8. The number of amides is 2. The van der Waals surface area contributed by atoms with E-state index in [1.807, 2.05) is 25.1 Å². The fourth-order valence-corrected chi connectivity index (χ4v) is 4.49. The molecule has 158 valence electrons. The van der Waals surface area contributed by atoms with Gasteiger partial charge in [0, 0.05) is 30.2 Å². The number of benzene rings is 2. The maximum Gasteiger partial charge on any atom is 0.376 e. The molecule has 2 aliphatic heterocycles.